The molecule has 0 aliphatic carbocycles. The highest BCUT2D eigenvalue weighted by molar-refractivity contribution is 6.48. The van der Waals surface area contributed by atoms with Crippen molar-refractivity contribution in [2.75, 3.05) is 0 Å². The summed E-state index contributed by atoms with van der Waals surface area (Å²) in [5, 5.41) is -0.297. The number of rotatable bonds is 5. The number of alkyl halides is 5. The van der Waals surface area contributed by atoms with Crippen molar-refractivity contribution in [1.29, 1.82) is 0 Å². The van der Waals surface area contributed by atoms with E-state index in [0.717, 1.165) is 24.3 Å². The Balaban J connectivity index is 2.62. The van der Waals surface area contributed by atoms with Gasteiger partial charge in [0.2, 0.25) is 0 Å². The average molecular weight is 488 g/mol. The van der Waals surface area contributed by atoms with Crippen LogP contribution in [0.4, 0.5) is 26.3 Å². The fraction of sp³-hybridized carbons (Fsp3) is 0.238. The summed E-state index contributed by atoms with van der Waals surface area (Å²) in [7, 11) is 0. The van der Waals surface area contributed by atoms with Gasteiger partial charge in [-0.3, -0.25) is 0 Å². The first-order valence-electron chi connectivity index (χ1n) is 8.40. The minimum atomic E-state index is -4.78. The number of hydrogen-bond donors (Lipinski definition) is 0. The molecule has 0 saturated heterocycles. The van der Waals surface area contributed by atoms with Crippen LogP contribution in [0, 0.1) is 0 Å². The molecule has 0 N–H and O–H groups in total. The maximum absolute atomic E-state index is 14.8. The predicted octanol–water partition coefficient (Wildman–Crippen LogP) is 9.45. The van der Waals surface area contributed by atoms with E-state index in [4.69, 9.17) is 34.8 Å². The standard InChI is InChI=1S/C21H15Cl3F6/c1-10(2)13-5-4-11(6-15(13)21(28,29)30)18(25)9-14(20(3,26)27)12-7-16(22)19(24)17(23)8-12/h4-9,14H,1H2,2-3H3/b18-9-. The number of allylic oxidation sites excluding steroid dienone is 2. The second-order valence-electron chi connectivity index (χ2n) is 6.79. The minimum Gasteiger partial charge on any atom is -0.207 e. The van der Waals surface area contributed by atoms with Gasteiger partial charge in [-0.05, 0) is 42.3 Å². The lowest BCUT2D eigenvalue weighted by molar-refractivity contribution is -0.137. The van der Waals surface area contributed by atoms with Gasteiger partial charge in [0.1, 0.15) is 5.83 Å². The Kier molecular flexibility index (Phi) is 7.27. The Hall–Kier alpha value is -1.63. The van der Waals surface area contributed by atoms with Gasteiger partial charge in [-0.2, -0.15) is 13.2 Å². The number of benzene rings is 2. The van der Waals surface area contributed by atoms with Gasteiger partial charge in [-0.25, -0.2) is 13.2 Å². The Bertz CT molecular complexity index is 980. The van der Waals surface area contributed by atoms with Gasteiger partial charge in [0.25, 0.3) is 5.92 Å². The molecule has 0 spiro atoms. The first-order valence-corrected chi connectivity index (χ1v) is 9.53. The van der Waals surface area contributed by atoms with Crippen LogP contribution in [0.3, 0.4) is 0 Å². The van der Waals surface area contributed by atoms with E-state index in [0.29, 0.717) is 19.1 Å². The molecule has 0 amide bonds. The molecule has 1 atom stereocenters. The summed E-state index contributed by atoms with van der Waals surface area (Å²) in [5.74, 6) is -6.61. The first-order chi connectivity index (χ1) is 13.6. The van der Waals surface area contributed by atoms with Crippen molar-refractivity contribution in [3.8, 4) is 0 Å². The zero-order chi connectivity index (χ0) is 23.0. The van der Waals surface area contributed by atoms with Crippen LogP contribution in [0.5, 0.6) is 0 Å². The average Bonchev–Trinajstić information content (AvgIpc) is 2.61. The summed E-state index contributed by atoms with van der Waals surface area (Å²) in [6.07, 6.45) is -4.25. The molecule has 0 heterocycles. The quantitative estimate of drug-likeness (QED) is 0.291. The van der Waals surface area contributed by atoms with Crippen molar-refractivity contribution in [1.82, 2.24) is 0 Å². The summed E-state index contributed by atoms with van der Waals surface area (Å²) in [6.45, 7) is 5.39. The lowest BCUT2D eigenvalue weighted by Crippen LogP contribution is -2.21. The first kappa shape index (κ1) is 24.6. The minimum absolute atomic E-state index is 0.0603. The Morgan fingerprint density at radius 3 is 1.97 bits per heavy atom. The monoisotopic (exact) mass is 486 g/mol. The molecule has 0 bridgehead atoms. The Morgan fingerprint density at radius 2 is 1.53 bits per heavy atom. The summed E-state index contributed by atoms with van der Waals surface area (Å²) in [6, 6.07) is 4.88. The van der Waals surface area contributed by atoms with E-state index in [-0.39, 0.29) is 31.8 Å². The van der Waals surface area contributed by atoms with Gasteiger partial charge in [0.15, 0.2) is 0 Å². The van der Waals surface area contributed by atoms with Crippen LogP contribution < -0.4 is 0 Å². The smallest absolute Gasteiger partial charge is 0.207 e. The summed E-state index contributed by atoms with van der Waals surface area (Å²) >= 11 is 17.6. The van der Waals surface area contributed by atoms with E-state index in [1.54, 1.807) is 0 Å². The van der Waals surface area contributed by atoms with E-state index >= 15 is 0 Å². The van der Waals surface area contributed by atoms with Gasteiger partial charge >= 0.3 is 6.18 Å². The van der Waals surface area contributed by atoms with E-state index in [1.165, 1.54) is 6.92 Å². The van der Waals surface area contributed by atoms with Gasteiger partial charge < -0.3 is 0 Å². The zero-order valence-electron chi connectivity index (χ0n) is 15.7. The summed E-state index contributed by atoms with van der Waals surface area (Å²) in [4.78, 5) is 0. The predicted molar refractivity (Wildman–Crippen MR) is 110 cm³/mol. The second-order valence-corrected chi connectivity index (χ2v) is 7.98. The SMILES string of the molecule is C=C(C)c1ccc(/C(F)=C/C(c2cc(Cl)c(Cl)c(Cl)c2)C(C)(F)F)cc1C(F)(F)F. The molecule has 0 nitrogen and oxygen atoms in total. The van der Waals surface area contributed by atoms with Crippen LogP contribution in [-0.4, -0.2) is 5.92 Å². The largest absolute Gasteiger partial charge is 0.417 e. The molecule has 0 aromatic heterocycles. The van der Waals surface area contributed by atoms with E-state index in [9.17, 15) is 26.3 Å². The third-order valence-corrected chi connectivity index (χ3v) is 5.48. The summed E-state index contributed by atoms with van der Waals surface area (Å²) in [5.41, 5.74) is -1.86. The Morgan fingerprint density at radius 1 is 1.00 bits per heavy atom. The fourth-order valence-corrected chi connectivity index (χ4v) is 3.44. The second kappa shape index (κ2) is 8.85. The molecule has 0 aliphatic rings. The molecule has 2 rings (SSSR count). The number of hydrogen-bond acceptors (Lipinski definition) is 0. The lowest BCUT2D eigenvalue weighted by Gasteiger charge is -2.22. The van der Waals surface area contributed by atoms with Gasteiger partial charge in [-0.15, -0.1) is 0 Å². The van der Waals surface area contributed by atoms with Gasteiger partial charge in [-0.1, -0.05) is 59.1 Å². The Labute approximate surface area is 184 Å². The highest BCUT2D eigenvalue weighted by atomic mass is 35.5. The molecule has 1 unspecified atom stereocenters. The molecular weight excluding hydrogens is 473 g/mol. The molecule has 0 aliphatic heterocycles. The third kappa shape index (κ3) is 5.54. The van der Waals surface area contributed by atoms with Gasteiger partial charge in [0.05, 0.1) is 26.5 Å². The van der Waals surface area contributed by atoms with Crippen LogP contribution in [0.1, 0.15) is 42.0 Å². The molecule has 0 radical (unpaired) electrons. The van der Waals surface area contributed by atoms with Crippen LogP contribution in [0.2, 0.25) is 15.1 Å². The van der Waals surface area contributed by atoms with Crippen molar-refractivity contribution in [3.05, 3.63) is 80.3 Å². The molecule has 2 aromatic rings. The van der Waals surface area contributed by atoms with Crippen molar-refractivity contribution < 1.29 is 26.3 Å². The van der Waals surface area contributed by atoms with Gasteiger partial charge in [0, 0.05) is 12.5 Å². The molecule has 9 heteroatoms. The number of halogens is 9. The highest BCUT2D eigenvalue weighted by Crippen LogP contribution is 2.42. The van der Waals surface area contributed by atoms with Crippen LogP contribution in [0.25, 0.3) is 11.4 Å². The molecule has 0 fully saturated rings. The molecule has 0 saturated carbocycles. The molecule has 162 valence electrons. The van der Waals surface area contributed by atoms with Crippen LogP contribution >= 0.6 is 34.8 Å². The summed E-state index contributed by atoms with van der Waals surface area (Å²) < 4.78 is 83.3. The van der Waals surface area contributed by atoms with E-state index < -0.39 is 35.0 Å². The highest BCUT2D eigenvalue weighted by Gasteiger charge is 2.36. The normalized spacial score (nSPS) is 14.0. The topological polar surface area (TPSA) is 0 Å². The molecule has 2 aromatic carbocycles. The van der Waals surface area contributed by atoms with E-state index in [2.05, 4.69) is 6.58 Å². The van der Waals surface area contributed by atoms with E-state index in [1.807, 2.05) is 0 Å². The fourth-order valence-electron chi connectivity index (χ4n) is 2.83. The lowest BCUT2D eigenvalue weighted by atomic mass is 9.91. The van der Waals surface area contributed by atoms with Crippen LogP contribution in [0.15, 0.2) is 43.0 Å². The van der Waals surface area contributed by atoms with Crippen molar-refractivity contribution >= 4 is 46.2 Å². The van der Waals surface area contributed by atoms with Crippen LogP contribution in [-0.2, 0) is 6.18 Å². The molecular formula is C21H15Cl3F6. The third-order valence-electron chi connectivity index (χ3n) is 4.28. The molecule has 30 heavy (non-hydrogen) atoms. The van der Waals surface area contributed by atoms with Crippen molar-refractivity contribution in [2.24, 2.45) is 0 Å². The maximum atomic E-state index is 14.8. The maximum Gasteiger partial charge on any atom is 0.417 e. The zero-order valence-corrected chi connectivity index (χ0v) is 17.9. The van der Waals surface area contributed by atoms with Crippen molar-refractivity contribution in [3.63, 3.8) is 0 Å². The van der Waals surface area contributed by atoms with Crippen molar-refractivity contribution in [2.45, 2.75) is 31.9 Å².